The molecule has 2 heterocycles. The lowest BCUT2D eigenvalue weighted by Crippen LogP contribution is -2.39. The van der Waals surface area contributed by atoms with Gasteiger partial charge in [-0.25, -0.2) is 4.99 Å². The van der Waals surface area contributed by atoms with Gasteiger partial charge in [-0.3, -0.25) is 5.01 Å². The molecule has 0 saturated heterocycles. The molecule has 2 aliphatic heterocycles. The van der Waals surface area contributed by atoms with E-state index in [-0.39, 0.29) is 4.75 Å². The third-order valence-electron chi connectivity index (χ3n) is 4.99. The number of nitrogens with zero attached hydrogens (tertiary/aromatic N) is 4. The summed E-state index contributed by atoms with van der Waals surface area (Å²) in [5.74, 6) is 1.17. The molecule has 2 aromatic rings. The van der Waals surface area contributed by atoms with Crippen molar-refractivity contribution in [3.8, 4) is 0 Å². The summed E-state index contributed by atoms with van der Waals surface area (Å²) in [6, 6.07) is 18.4. The molecule has 31 heavy (non-hydrogen) atoms. The number of hydrogen-bond donors (Lipinski definition) is 1. The highest BCUT2D eigenvalue weighted by Crippen LogP contribution is 2.32. The topological polar surface area (TPSA) is 66.5 Å². The second kappa shape index (κ2) is 8.30. The van der Waals surface area contributed by atoms with Crippen molar-refractivity contribution in [3.05, 3.63) is 77.2 Å². The molecule has 0 fully saturated rings. The van der Waals surface area contributed by atoms with Crippen LogP contribution in [0.3, 0.4) is 0 Å². The predicted octanol–water partition coefficient (Wildman–Crippen LogP) is 4.09. The Hall–Kier alpha value is -2.93. The Bertz CT molecular complexity index is 1040. The largest absolute Gasteiger partial charge is 0.444 e. The quantitative estimate of drug-likeness (QED) is 0.733. The molecule has 0 aromatic heterocycles. The van der Waals surface area contributed by atoms with Crippen LogP contribution >= 0.6 is 11.8 Å². The van der Waals surface area contributed by atoms with Crippen LogP contribution in [0, 0.1) is 0 Å². The number of nitrogens with two attached hydrogens (primary N) is 1. The van der Waals surface area contributed by atoms with Crippen LogP contribution < -0.4 is 5.73 Å². The van der Waals surface area contributed by atoms with Gasteiger partial charge in [-0.05, 0) is 29.8 Å². The Kier molecular flexibility index (Phi) is 5.71. The van der Waals surface area contributed by atoms with E-state index in [1.54, 1.807) is 5.01 Å². The molecule has 7 heteroatoms. The highest BCUT2D eigenvalue weighted by Gasteiger charge is 2.34. The van der Waals surface area contributed by atoms with E-state index < -0.39 is 6.23 Å². The fraction of sp³-hybridized carbons (Fsp3) is 0.333. The molecule has 0 aliphatic carbocycles. The van der Waals surface area contributed by atoms with Gasteiger partial charge in [0.1, 0.15) is 11.5 Å². The van der Waals surface area contributed by atoms with Gasteiger partial charge in [-0.1, -0.05) is 51.1 Å². The highest BCUT2D eigenvalue weighted by atomic mass is 32.2. The summed E-state index contributed by atoms with van der Waals surface area (Å²) in [6.45, 7) is 7.30. The first kappa shape index (κ1) is 21.3. The molecule has 2 N–H and O–H groups in total. The van der Waals surface area contributed by atoms with Gasteiger partial charge in [-0.2, -0.15) is 0 Å². The number of hydrazone groups is 1. The summed E-state index contributed by atoms with van der Waals surface area (Å²) in [4.78, 5) is 8.18. The van der Waals surface area contributed by atoms with Gasteiger partial charge in [0.15, 0.2) is 0 Å². The summed E-state index contributed by atoms with van der Waals surface area (Å²) in [5, 5.41) is 6.34. The van der Waals surface area contributed by atoms with Gasteiger partial charge in [0, 0.05) is 29.3 Å². The normalized spacial score (nSPS) is 19.3. The lowest BCUT2D eigenvalue weighted by molar-refractivity contribution is 0.106. The SMILES string of the molecule is CN1CC(c2ccc(SC(C)(C)C)cc2)=NC(C2OC(c3ccccc3)=NN2C)=C1N. The van der Waals surface area contributed by atoms with Crippen molar-refractivity contribution >= 4 is 23.4 Å². The minimum absolute atomic E-state index is 0.176. The Morgan fingerprint density at radius 3 is 2.32 bits per heavy atom. The van der Waals surface area contributed by atoms with Crippen molar-refractivity contribution < 1.29 is 4.74 Å². The van der Waals surface area contributed by atoms with Gasteiger partial charge in [0.2, 0.25) is 12.1 Å². The molecule has 4 rings (SSSR count). The van der Waals surface area contributed by atoms with E-state index in [4.69, 9.17) is 15.5 Å². The van der Waals surface area contributed by atoms with Crippen LogP contribution in [0.15, 0.2) is 81.1 Å². The number of thioether (sulfide) groups is 1. The molecule has 1 unspecified atom stereocenters. The number of hydrogen-bond acceptors (Lipinski definition) is 7. The van der Waals surface area contributed by atoms with Crippen molar-refractivity contribution in [3.63, 3.8) is 0 Å². The first-order valence-electron chi connectivity index (χ1n) is 10.3. The molecule has 0 radical (unpaired) electrons. The van der Waals surface area contributed by atoms with Crippen LogP contribution in [-0.2, 0) is 4.74 Å². The Morgan fingerprint density at radius 2 is 1.68 bits per heavy atom. The summed E-state index contributed by atoms with van der Waals surface area (Å²) in [5.41, 5.74) is 10.1. The number of likely N-dealkylation sites (N-methyl/N-ethyl adjacent to an activating group) is 2. The maximum absolute atomic E-state index is 6.42. The highest BCUT2D eigenvalue weighted by molar-refractivity contribution is 8.00. The van der Waals surface area contributed by atoms with Crippen LogP contribution in [0.4, 0.5) is 0 Å². The standard InChI is InChI=1S/C24H29N5OS/c1-24(2,3)31-18-13-11-16(12-14-18)19-15-28(4)21(25)20(26-19)23-29(5)27-22(30-23)17-9-7-6-8-10-17/h6-14,23H,15,25H2,1-5H3. The molecule has 6 nitrogen and oxygen atoms in total. The molecule has 0 saturated carbocycles. The van der Waals surface area contributed by atoms with E-state index in [9.17, 15) is 0 Å². The van der Waals surface area contributed by atoms with Gasteiger partial charge in [0.25, 0.3) is 0 Å². The van der Waals surface area contributed by atoms with Crippen molar-refractivity contribution in [1.82, 2.24) is 9.91 Å². The molecule has 0 bridgehead atoms. The van der Waals surface area contributed by atoms with E-state index in [1.807, 2.05) is 61.1 Å². The molecule has 2 aliphatic rings. The van der Waals surface area contributed by atoms with Crippen LogP contribution in [0.25, 0.3) is 0 Å². The minimum atomic E-state index is -0.469. The molecular weight excluding hydrogens is 406 g/mol. The van der Waals surface area contributed by atoms with E-state index in [0.29, 0.717) is 24.0 Å². The van der Waals surface area contributed by atoms with Crippen molar-refractivity contribution in [2.75, 3.05) is 20.6 Å². The molecule has 162 valence electrons. The lowest BCUT2D eigenvalue weighted by Gasteiger charge is -2.30. The maximum Gasteiger partial charge on any atom is 0.240 e. The van der Waals surface area contributed by atoms with Crippen molar-refractivity contribution in [1.29, 1.82) is 0 Å². The average Bonchev–Trinajstić information content (AvgIpc) is 3.11. The van der Waals surface area contributed by atoms with Crippen LogP contribution in [0.5, 0.6) is 0 Å². The van der Waals surface area contributed by atoms with Gasteiger partial charge in [-0.15, -0.1) is 16.9 Å². The first-order valence-corrected chi connectivity index (χ1v) is 11.1. The van der Waals surface area contributed by atoms with E-state index in [2.05, 4.69) is 50.1 Å². The number of rotatable bonds is 4. The number of benzene rings is 2. The molecule has 1 atom stereocenters. The van der Waals surface area contributed by atoms with Gasteiger partial charge in [0.05, 0.1) is 12.3 Å². The molecule has 0 amide bonds. The minimum Gasteiger partial charge on any atom is -0.444 e. The zero-order valence-corrected chi connectivity index (χ0v) is 19.5. The van der Waals surface area contributed by atoms with Crippen molar-refractivity contribution in [2.45, 2.75) is 36.6 Å². The molecule has 2 aromatic carbocycles. The zero-order chi connectivity index (χ0) is 22.2. The van der Waals surface area contributed by atoms with E-state index >= 15 is 0 Å². The monoisotopic (exact) mass is 435 g/mol. The molecule has 0 spiro atoms. The Morgan fingerprint density at radius 1 is 1.00 bits per heavy atom. The fourth-order valence-electron chi connectivity index (χ4n) is 3.49. The van der Waals surface area contributed by atoms with Crippen LogP contribution in [0.1, 0.15) is 31.9 Å². The summed E-state index contributed by atoms with van der Waals surface area (Å²) >= 11 is 1.85. The fourth-order valence-corrected chi connectivity index (χ4v) is 4.47. The first-order chi connectivity index (χ1) is 14.7. The predicted molar refractivity (Wildman–Crippen MR) is 128 cm³/mol. The van der Waals surface area contributed by atoms with Crippen LogP contribution in [-0.4, -0.2) is 53.1 Å². The summed E-state index contributed by atoms with van der Waals surface area (Å²) in [6.07, 6.45) is -0.469. The Labute approximate surface area is 188 Å². The second-order valence-electron chi connectivity index (χ2n) is 8.74. The Balaban J connectivity index is 1.59. The van der Waals surface area contributed by atoms with E-state index in [0.717, 1.165) is 16.8 Å². The third-order valence-corrected chi connectivity index (χ3v) is 6.11. The second-order valence-corrected chi connectivity index (χ2v) is 10.6. The number of ether oxygens (including phenoxy) is 1. The lowest BCUT2D eigenvalue weighted by atomic mass is 10.1. The number of aliphatic imine (C=N–C) groups is 1. The van der Waals surface area contributed by atoms with Gasteiger partial charge >= 0.3 is 0 Å². The summed E-state index contributed by atoms with van der Waals surface area (Å²) < 4.78 is 6.35. The van der Waals surface area contributed by atoms with Gasteiger partial charge < -0.3 is 15.4 Å². The molecular formula is C24H29N5OS. The van der Waals surface area contributed by atoms with E-state index in [1.165, 1.54) is 4.90 Å². The maximum atomic E-state index is 6.42. The summed E-state index contributed by atoms with van der Waals surface area (Å²) in [7, 11) is 3.85. The van der Waals surface area contributed by atoms with Crippen LogP contribution in [0.2, 0.25) is 0 Å². The third kappa shape index (κ3) is 4.71. The zero-order valence-electron chi connectivity index (χ0n) is 18.7. The van der Waals surface area contributed by atoms with Crippen molar-refractivity contribution in [2.24, 2.45) is 15.8 Å². The average molecular weight is 436 g/mol. The smallest absolute Gasteiger partial charge is 0.240 e.